The van der Waals surface area contributed by atoms with Crippen LogP contribution in [-0.4, -0.2) is 33.1 Å². The van der Waals surface area contributed by atoms with Gasteiger partial charge in [0, 0.05) is 29.3 Å². The highest BCUT2D eigenvalue weighted by molar-refractivity contribution is 6.01. The Morgan fingerprint density at radius 3 is 2.42 bits per heavy atom. The van der Waals surface area contributed by atoms with Crippen molar-refractivity contribution in [1.82, 2.24) is 5.32 Å². The van der Waals surface area contributed by atoms with Gasteiger partial charge in [-0.2, -0.15) is 0 Å². The van der Waals surface area contributed by atoms with Crippen LogP contribution in [0.25, 0.3) is 0 Å². The molecule has 6 nitrogen and oxygen atoms in total. The van der Waals surface area contributed by atoms with E-state index in [-0.39, 0.29) is 11.7 Å². The molecule has 1 aliphatic carbocycles. The lowest BCUT2D eigenvalue weighted by Gasteiger charge is -2.40. The fraction of sp³-hybridized carbons (Fsp3) is 0.333. The van der Waals surface area contributed by atoms with E-state index < -0.39 is 17.8 Å². The number of rotatable bonds is 5. The van der Waals surface area contributed by atoms with Gasteiger partial charge in [0.25, 0.3) is 0 Å². The Bertz CT molecular complexity index is 1150. The summed E-state index contributed by atoms with van der Waals surface area (Å²) in [4.78, 5) is 26.3. The maximum absolute atomic E-state index is 13.6. The molecule has 4 rings (SSSR count). The van der Waals surface area contributed by atoms with E-state index in [1.807, 2.05) is 49.4 Å². The number of esters is 1. The van der Waals surface area contributed by atoms with Crippen molar-refractivity contribution in [2.75, 3.05) is 21.3 Å². The van der Waals surface area contributed by atoms with Crippen LogP contribution < -0.4 is 14.8 Å². The van der Waals surface area contributed by atoms with Gasteiger partial charge in [-0.25, -0.2) is 0 Å². The molecule has 0 saturated carbocycles. The van der Waals surface area contributed by atoms with Gasteiger partial charge in [0.1, 0.15) is 5.92 Å². The summed E-state index contributed by atoms with van der Waals surface area (Å²) in [5.41, 5.74) is 5.00. The number of benzene rings is 2. The number of methoxy groups -OCH3 is 3. The van der Waals surface area contributed by atoms with E-state index in [0.717, 1.165) is 22.4 Å². The Morgan fingerprint density at radius 2 is 1.76 bits per heavy atom. The van der Waals surface area contributed by atoms with E-state index in [4.69, 9.17) is 14.2 Å². The van der Waals surface area contributed by atoms with Crippen molar-refractivity contribution in [1.29, 1.82) is 0 Å². The van der Waals surface area contributed by atoms with E-state index in [1.165, 1.54) is 7.11 Å². The molecule has 0 radical (unpaired) electrons. The van der Waals surface area contributed by atoms with Gasteiger partial charge in [-0.1, -0.05) is 42.5 Å². The number of nitrogens with one attached hydrogen (secondary N) is 1. The zero-order chi connectivity index (χ0) is 23.7. The van der Waals surface area contributed by atoms with Gasteiger partial charge in [-0.3, -0.25) is 9.59 Å². The molecule has 2 aromatic carbocycles. The van der Waals surface area contributed by atoms with Crippen LogP contribution >= 0.6 is 0 Å². The van der Waals surface area contributed by atoms with Crippen LogP contribution in [0.1, 0.15) is 41.4 Å². The number of allylic oxidation sites excluding steroid dienone is 2. The minimum absolute atomic E-state index is 0.0239. The number of ether oxygens (including phenoxy) is 3. The van der Waals surface area contributed by atoms with Crippen molar-refractivity contribution in [2.24, 2.45) is 5.92 Å². The van der Waals surface area contributed by atoms with Crippen LogP contribution in [0.5, 0.6) is 11.5 Å². The molecule has 2 aromatic rings. The number of carbonyl (C=O) groups excluding carboxylic acids is 2. The molecule has 6 heteroatoms. The van der Waals surface area contributed by atoms with Crippen LogP contribution in [0.3, 0.4) is 0 Å². The molecule has 0 amide bonds. The minimum Gasteiger partial charge on any atom is -0.493 e. The third kappa shape index (κ3) is 4.13. The Balaban J connectivity index is 1.78. The summed E-state index contributed by atoms with van der Waals surface area (Å²) in [7, 11) is 4.56. The predicted octanol–water partition coefficient (Wildman–Crippen LogP) is 4.40. The molecule has 3 atom stereocenters. The Labute approximate surface area is 194 Å². The maximum Gasteiger partial charge on any atom is 0.315 e. The summed E-state index contributed by atoms with van der Waals surface area (Å²) < 4.78 is 15.9. The molecule has 0 aromatic heterocycles. The Morgan fingerprint density at radius 1 is 1.00 bits per heavy atom. The third-order valence-corrected chi connectivity index (χ3v) is 6.57. The molecule has 1 heterocycles. The summed E-state index contributed by atoms with van der Waals surface area (Å²) in [6, 6.07) is 13.7. The second-order valence-corrected chi connectivity index (χ2v) is 8.58. The lowest BCUT2D eigenvalue weighted by molar-refractivity contribution is -0.144. The number of hydrogen-bond acceptors (Lipinski definition) is 6. The average Bonchev–Trinajstić information content (AvgIpc) is 2.82. The first-order valence-electron chi connectivity index (χ1n) is 11.0. The van der Waals surface area contributed by atoms with Gasteiger partial charge < -0.3 is 19.5 Å². The average molecular weight is 448 g/mol. The van der Waals surface area contributed by atoms with Gasteiger partial charge in [-0.15, -0.1) is 0 Å². The molecule has 0 saturated heterocycles. The molecule has 1 N–H and O–H groups in total. The smallest absolute Gasteiger partial charge is 0.315 e. The van der Waals surface area contributed by atoms with Crippen LogP contribution in [0.15, 0.2) is 66.0 Å². The van der Waals surface area contributed by atoms with Crippen LogP contribution in [-0.2, 0) is 14.3 Å². The largest absolute Gasteiger partial charge is 0.493 e. The first-order chi connectivity index (χ1) is 15.9. The van der Waals surface area contributed by atoms with E-state index in [9.17, 15) is 9.59 Å². The lowest BCUT2D eigenvalue weighted by Crippen LogP contribution is -2.42. The number of carbonyl (C=O) groups is 2. The molecular formula is C27H29NO5. The second kappa shape index (κ2) is 9.14. The van der Waals surface area contributed by atoms with Gasteiger partial charge in [0.2, 0.25) is 0 Å². The van der Waals surface area contributed by atoms with Crippen LogP contribution in [0.2, 0.25) is 0 Å². The number of hydrogen-bond donors (Lipinski definition) is 1. The monoisotopic (exact) mass is 447 g/mol. The fourth-order valence-electron chi connectivity index (χ4n) is 5.02. The quantitative estimate of drug-likeness (QED) is 0.685. The number of ketones is 1. The third-order valence-electron chi connectivity index (χ3n) is 6.57. The number of aryl methyl sites for hydroxylation is 1. The van der Waals surface area contributed by atoms with Gasteiger partial charge in [-0.05, 0) is 42.5 Å². The molecule has 1 aliphatic heterocycles. The second-order valence-electron chi connectivity index (χ2n) is 8.58. The summed E-state index contributed by atoms with van der Waals surface area (Å²) in [6.45, 7) is 6.13. The van der Waals surface area contributed by atoms with E-state index in [0.29, 0.717) is 35.6 Å². The van der Waals surface area contributed by atoms with Crippen LogP contribution in [0, 0.1) is 12.8 Å². The van der Waals surface area contributed by atoms with E-state index >= 15 is 0 Å². The topological polar surface area (TPSA) is 73.9 Å². The summed E-state index contributed by atoms with van der Waals surface area (Å²) in [6.07, 6.45) is 0.977. The van der Waals surface area contributed by atoms with Crippen molar-refractivity contribution in [3.8, 4) is 11.5 Å². The predicted molar refractivity (Wildman–Crippen MR) is 125 cm³/mol. The summed E-state index contributed by atoms with van der Waals surface area (Å²) >= 11 is 0. The standard InChI is InChI=1S/C27H29NO5/c1-15-7-6-8-18(11-15)25-24(27(30)33-5)16(2)28-20-12-19(13-21(29)26(20)25)17-9-10-22(31-3)23(14-17)32-4/h6-11,14,19,24-25,28H,2,12-13H2,1,3-5H3. The SMILES string of the molecule is C=C1NC2=C(C(=O)CC(c3ccc(OC)c(OC)c3)C2)C(c2cccc(C)c2)C1C(=O)OC. The zero-order valence-corrected chi connectivity index (χ0v) is 19.4. The highest BCUT2D eigenvalue weighted by atomic mass is 16.5. The maximum atomic E-state index is 13.6. The number of Topliss-reactive ketones (excluding diaryl/α,β-unsaturated/α-hetero) is 1. The lowest BCUT2D eigenvalue weighted by atomic mass is 9.69. The fourth-order valence-corrected chi connectivity index (χ4v) is 5.02. The minimum atomic E-state index is -0.669. The van der Waals surface area contributed by atoms with Gasteiger partial charge in [0.05, 0.1) is 21.3 Å². The zero-order valence-electron chi connectivity index (χ0n) is 19.4. The molecular weight excluding hydrogens is 418 g/mol. The normalized spacial score (nSPS) is 22.4. The van der Waals surface area contributed by atoms with E-state index in [1.54, 1.807) is 14.2 Å². The van der Waals surface area contributed by atoms with Crippen molar-refractivity contribution >= 4 is 11.8 Å². The first-order valence-corrected chi connectivity index (χ1v) is 11.0. The van der Waals surface area contributed by atoms with Crippen LogP contribution in [0.4, 0.5) is 0 Å². The molecule has 3 unspecified atom stereocenters. The highest BCUT2D eigenvalue weighted by Crippen LogP contribution is 2.47. The van der Waals surface area contributed by atoms with Crippen molar-refractivity contribution in [3.63, 3.8) is 0 Å². The molecule has 33 heavy (non-hydrogen) atoms. The first kappa shape index (κ1) is 22.6. The van der Waals surface area contributed by atoms with Crippen molar-refractivity contribution in [3.05, 3.63) is 82.7 Å². The molecule has 0 spiro atoms. The Hall–Kier alpha value is -3.54. The summed E-state index contributed by atoms with van der Waals surface area (Å²) in [5, 5.41) is 3.29. The highest BCUT2D eigenvalue weighted by Gasteiger charge is 2.45. The summed E-state index contributed by atoms with van der Waals surface area (Å²) in [5.74, 6) is -0.224. The van der Waals surface area contributed by atoms with Gasteiger partial charge in [0.15, 0.2) is 17.3 Å². The molecule has 0 fully saturated rings. The Kier molecular flexibility index (Phi) is 6.27. The van der Waals surface area contributed by atoms with Gasteiger partial charge >= 0.3 is 5.97 Å². The molecule has 2 aliphatic rings. The van der Waals surface area contributed by atoms with Crippen molar-refractivity contribution in [2.45, 2.75) is 31.6 Å². The van der Waals surface area contributed by atoms with Crippen molar-refractivity contribution < 1.29 is 23.8 Å². The molecule has 172 valence electrons. The van der Waals surface area contributed by atoms with E-state index in [2.05, 4.69) is 11.9 Å². The molecule has 0 bridgehead atoms.